The molecule has 0 aliphatic carbocycles. The summed E-state index contributed by atoms with van der Waals surface area (Å²) in [5.74, 6) is 0.631. The van der Waals surface area contributed by atoms with Gasteiger partial charge < -0.3 is 10.3 Å². The minimum Gasteiger partial charge on any atom is -0.367 e. The second kappa shape index (κ2) is 4.70. The van der Waals surface area contributed by atoms with Crippen LogP contribution in [0.3, 0.4) is 0 Å². The molecule has 0 atom stereocenters. The lowest BCUT2D eigenvalue weighted by Crippen LogP contribution is -1.94. The van der Waals surface area contributed by atoms with Gasteiger partial charge in [0.15, 0.2) is 0 Å². The molecule has 0 radical (unpaired) electrons. The molecule has 0 aliphatic heterocycles. The highest BCUT2D eigenvalue weighted by molar-refractivity contribution is 9.10. The zero-order valence-corrected chi connectivity index (χ0v) is 11.8. The third-order valence-electron chi connectivity index (χ3n) is 2.53. The number of hydrogen-bond donors (Lipinski definition) is 1. The van der Waals surface area contributed by atoms with Gasteiger partial charge in [0.25, 0.3) is 0 Å². The summed E-state index contributed by atoms with van der Waals surface area (Å²) in [5, 5.41) is 4.68. The number of nitrogens with zero attached hydrogens (tertiary/aromatic N) is 1. The summed E-state index contributed by atoms with van der Waals surface area (Å²) in [6.07, 6.45) is 0. The second-order valence-corrected chi connectivity index (χ2v) is 5.35. The number of halogens is 2. The molecular formula is C12H12BrClN2O. The Hall–Kier alpha value is -1.00. The molecule has 0 saturated heterocycles. The van der Waals surface area contributed by atoms with Crippen LogP contribution in [0, 0.1) is 0 Å². The van der Waals surface area contributed by atoms with E-state index < -0.39 is 0 Å². The fourth-order valence-electron chi connectivity index (χ4n) is 1.72. The van der Waals surface area contributed by atoms with Crippen LogP contribution in [-0.4, -0.2) is 5.16 Å². The molecule has 0 unspecified atom stereocenters. The standard InChI is InChI=1S/C12H12BrClN2O/c1-6(2)10-11(16-17-12(10)15)7-3-4-9(14)8(13)5-7/h3-6H,15H2,1-2H3. The number of hydrogen-bond acceptors (Lipinski definition) is 3. The second-order valence-electron chi connectivity index (χ2n) is 4.09. The van der Waals surface area contributed by atoms with Crippen LogP contribution >= 0.6 is 27.5 Å². The monoisotopic (exact) mass is 314 g/mol. The lowest BCUT2D eigenvalue weighted by Gasteiger charge is -2.06. The van der Waals surface area contributed by atoms with Crippen LogP contribution in [0.1, 0.15) is 25.3 Å². The van der Waals surface area contributed by atoms with Gasteiger partial charge in [-0.2, -0.15) is 0 Å². The summed E-state index contributed by atoms with van der Waals surface area (Å²) >= 11 is 9.35. The average Bonchev–Trinajstić information content (AvgIpc) is 2.64. The number of aromatic nitrogens is 1. The van der Waals surface area contributed by atoms with Gasteiger partial charge in [0, 0.05) is 15.6 Å². The Kier molecular flexibility index (Phi) is 3.45. The molecule has 0 fully saturated rings. The zero-order valence-electron chi connectivity index (χ0n) is 9.50. The Morgan fingerprint density at radius 2 is 2.12 bits per heavy atom. The van der Waals surface area contributed by atoms with Crippen molar-refractivity contribution in [3.63, 3.8) is 0 Å². The molecule has 1 aromatic carbocycles. The van der Waals surface area contributed by atoms with Crippen LogP contribution in [0.2, 0.25) is 5.02 Å². The lowest BCUT2D eigenvalue weighted by atomic mass is 9.99. The predicted molar refractivity (Wildman–Crippen MR) is 73.2 cm³/mol. The van der Waals surface area contributed by atoms with Gasteiger partial charge in [0.2, 0.25) is 5.88 Å². The van der Waals surface area contributed by atoms with Gasteiger partial charge in [0.1, 0.15) is 5.69 Å². The molecular weight excluding hydrogens is 304 g/mol. The first-order valence-corrected chi connectivity index (χ1v) is 6.38. The van der Waals surface area contributed by atoms with Gasteiger partial charge >= 0.3 is 0 Å². The van der Waals surface area contributed by atoms with E-state index in [1.807, 2.05) is 18.2 Å². The Morgan fingerprint density at radius 1 is 1.41 bits per heavy atom. The van der Waals surface area contributed by atoms with Crippen molar-refractivity contribution in [3.05, 3.63) is 33.3 Å². The van der Waals surface area contributed by atoms with Crippen molar-refractivity contribution in [3.8, 4) is 11.3 Å². The first kappa shape index (κ1) is 12.5. The number of nitrogens with two attached hydrogens (primary N) is 1. The van der Waals surface area contributed by atoms with Crippen molar-refractivity contribution < 1.29 is 4.52 Å². The molecule has 0 spiro atoms. The SMILES string of the molecule is CC(C)c1c(-c2ccc(Cl)c(Br)c2)noc1N. The minimum atomic E-state index is 0.255. The van der Waals surface area contributed by atoms with Crippen LogP contribution in [0.5, 0.6) is 0 Å². The average molecular weight is 316 g/mol. The number of anilines is 1. The maximum atomic E-state index is 5.96. The minimum absolute atomic E-state index is 0.255. The van der Waals surface area contributed by atoms with Crippen molar-refractivity contribution in [2.24, 2.45) is 0 Å². The van der Waals surface area contributed by atoms with E-state index in [-0.39, 0.29) is 5.92 Å². The van der Waals surface area contributed by atoms with Gasteiger partial charge in [-0.05, 0) is 34.0 Å². The lowest BCUT2D eigenvalue weighted by molar-refractivity contribution is 0.438. The van der Waals surface area contributed by atoms with Crippen LogP contribution in [0.4, 0.5) is 5.88 Å². The molecule has 2 rings (SSSR count). The smallest absolute Gasteiger partial charge is 0.226 e. The van der Waals surface area contributed by atoms with E-state index in [1.54, 1.807) is 0 Å². The number of benzene rings is 1. The topological polar surface area (TPSA) is 52.0 Å². The van der Waals surface area contributed by atoms with Crippen molar-refractivity contribution in [1.29, 1.82) is 0 Å². The van der Waals surface area contributed by atoms with Crippen LogP contribution in [0.15, 0.2) is 27.2 Å². The van der Waals surface area contributed by atoms with E-state index in [4.69, 9.17) is 21.9 Å². The van der Waals surface area contributed by atoms with E-state index in [2.05, 4.69) is 34.9 Å². The van der Waals surface area contributed by atoms with Crippen molar-refractivity contribution in [1.82, 2.24) is 5.16 Å². The molecule has 0 aliphatic rings. The third kappa shape index (κ3) is 2.33. The largest absolute Gasteiger partial charge is 0.367 e. The Labute approximate surface area is 113 Å². The zero-order chi connectivity index (χ0) is 12.6. The first-order chi connectivity index (χ1) is 8.00. The summed E-state index contributed by atoms with van der Waals surface area (Å²) in [7, 11) is 0. The Morgan fingerprint density at radius 3 is 2.71 bits per heavy atom. The van der Waals surface area contributed by atoms with E-state index in [0.29, 0.717) is 10.9 Å². The molecule has 0 saturated carbocycles. The number of nitrogen functional groups attached to an aromatic ring is 1. The summed E-state index contributed by atoms with van der Waals surface area (Å²) < 4.78 is 5.89. The van der Waals surface area contributed by atoms with Gasteiger partial charge in [-0.1, -0.05) is 36.7 Å². The molecule has 1 aromatic heterocycles. The van der Waals surface area contributed by atoms with E-state index in [9.17, 15) is 0 Å². The summed E-state index contributed by atoms with van der Waals surface area (Å²) in [5.41, 5.74) is 8.42. The van der Waals surface area contributed by atoms with E-state index in [0.717, 1.165) is 21.3 Å². The van der Waals surface area contributed by atoms with Crippen molar-refractivity contribution in [2.75, 3.05) is 5.73 Å². The molecule has 1 heterocycles. The van der Waals surface area contributed by atoms with Crippen molar-refractivity contribution in [2.45, 2.75) is 19.8 Å². The van der Waals surface area contributed by atoms with E-state index in [1.165, 1.54) is 0 Å². The summed E-state index contributed by atoms with van der Waals surface area (Å²) in [6.45, 7) is 4.11. The van der Waals surface area contributed by atoms with Crippen molar-refractivity contribution >= 4 is 33.4 Å². The molecule has 2 aromatic rings. The van der Waals surface area contributed by atoms with Gasteiger partial charge in [-0.15, -0.1) is 0 Å². The maximum absolute atomic E-state index is 5.96. The van der Waals surface area contributed by atoms with Gasteiger partial charge in [-0.25, -0.2) is 0 Å². The quantitative estimate of drug-likeness (QED) is 0.890. The highest BCUT2D eigenvalue weighted by atomic mass is 79.9. The number of rotatable bonds is 2. The third-order valence-corrected chi connectivity index (χ3v) is 3.74. The molecule has 0 amide bonds. The Bertz CT molecular complexity index is 551. The molecule has 3 nitrogen and oxygen atoms in total. The Balaban J connectivity index is 2.56. The molecule has 5 heteroatoms. The van der Waals surface area contributed by atoms with Crippen LogP contribution in [-0.2, 0) is 0 Å². The molecule has 0 bridgehead atoms. The first-order valence-electron chi connectivity index (χ1n) is 5.21. The van der Waals surface area contributed by atoms with E-state index >= 15 is 0 Å². The van der Waals surface area contributed by atoms with Gasteiger partial charge in [0.05, 0.1) is 5.02 Å². The van der Waals surface area contributed by atoms with Crippen LogP contribution < -0.4 is 5.73 Å². The molecule has 90 valence electrons. The fraction of sp³-hybridized carbons (Fsp3) is 0.250. The molecule has 17 heavy (non-hydrogen) atoms. The van der Waals surface area contributed by atoms with Gasteiger partial charge in [-0.3, -0.25) is 0 Å². The summed E-state index contributed by atoms with van der Waals surface area (Å²) in [6, 6.07) is 5.62. The summed E-state index contributed by atoms with van der Waals surface area (Å²) in [4.78, 5) is 0. The fourth-order valence-corrected chi connectivity index (χ4v) is 2.22. The highest BCUT2D eigenvalue weighted by Crippen LogP contribution is 2.35. The normalized spacial score (nSPS) is 11.1. The maximum Gasteiger partial charge on any atom is 0.226 e. The predicted octanol–water partition coefficient (Wildman–Crippen LogP) is 4.46. The van der Waals surface area contributed by atoms with Crippen LogP contribution in [0.25, 0.3) is 11.3 Å². The molecule has 2 N–H and O–H groups in total. The highest BCUT2D eigenvalue weighted by Gasteiger charge is 2.18.